The standard InChI is InChI=1S/C14H20O4/c1-5-18-12-8-10(17-4)6-7-11(12)14(2,3)9-13(15)16/h6-8H,5,9H2,1-4H3,(H,15,16). The highest BCUT2D eigenvalue weighted by atomic mass is 16.5. The van der Waals surface area contributed by atoms with Gasteiger partial charge in [-0.15, -0.1) is 0 Å². The summed E-state index contributed by atoms with van der Waals surface area (Å²) in [5, 5.41) is 8.97. The molecule has 0 fully saturated rings. The van der Waals surface area contributed by atoms with Gasteiger partial charge in [-0.05, 0) is 13.0 Å². The van der Waals surface area contributed by atoms with E-state index in [1.165, 1.54) is 0 Å². The number of hydrogen-bond acceptors (Lipinski definition) is 3. The molecule has 0 saturated heterocycles. The molecule has 1 aromatic carbocycles. The molecule has 1 N–H and O–H groups in total. The second kappa shape index (κ2) is 5.76. The van der Waals surface area contributed by atoms with Gasteiger partial charge in [0.2, 0.25) is 0 Å². The first-order valence-electron chi connectivity index (χ1n) is 5.94. The maximum absolute atomic E-state index is 10.9. The molecule has 1 rings (SSSR count). The Kier molecular flexibility index (Phi) is 4.59. The third-order valence-corrected chi connectivity index (χ3v) is 2.81. The van der Waals surface area contributed by atoms with Crippen LogP contribution in [0.25, 0.3) is 0 Å². The van der Waals surface area contributed by atoms with E-state index < -0.39 is 11.4 Å². The summed E-state index contributed by atoms with van der Waals surface area (Å²) in [5.41, 5.74) is 0.398. The maximum atomic E-state index is 10.9. The second-order valence-electron chi connectivity index (χ2n) is 4.75. The van der Waals surface area contributed by atoms with Crippen LogP contribution in [-0.4, -0.2) is 24.8 Å². The van der Waals surface area contributed by atoms with E-state index in [-0.39, 0.29) is 6.42 Å². The van der Waals surface area contributed by atoms with Crippen LogP contribution >= 0.6 is 0 Å². The summed E-state index contributed by atoms with van der Waals surface area (Å²) in [4.78, 5) is 10.9. The smallest absolute Gasteiger partial charge is 0.304 e. The van der Waals surface area contributed by atoms with E-state index in [1.807, 2.05) is 32.9 Å². The highest BCUT2D eigenvalue weighted by Crippen LogP contribution is 2.36. The predicted octanol–water partition coefficient (Wildman–Crippen LogP) is 2.85. The number of carboxylic acids is 1. The Balaban J connectivity index is 3.17. The van der Waals surface area contributed by atoms with Crippen molar-refractivity contribution in [3.05, 3.63) is 23.8 Å². The lowest BCUT2D eigenvalue weighted by molar-refractivity contribution is -0.138. The molecule has 0 aliphatic rings. The van der Waals surface area contributed by atoms with Gasteiger partial charge in [0, 0.05) is 17.0 Å². The molecule has 1 aromatic rings. The predicted molar refractivity (Wildman–Crippen MR) is 69.4 cm³/mol. The number of aliphatic carboxylic acids is 1. The lowest BCUT2D eigenvalue weighted by Gasteiger charge is -2.26. The number of carbonyl (C=O) groups is 1. The van der Waals surface area contributed by atoms with Gasteiger partial charge in [0.1, 0.15) is 11.5 Å². The molecule has 100 valence electrons. The van der Waals surface area contributed by atoms with E-state index in [0.717, 1.165) is 5.56 Å². The zero-order valence-electron chi connectivity index (χ0n) is 11.3. The van der Waals surface area contributed by atoms with Crippen molar-refractivity contribution >= 4 is 5.97 Å². The minimum atomic E-state index is -0.821. The van der Waals surface area contributed by atoms with Gasteiger partial charge in [-0.1, -0.05) is 19.9 Å². The van der Waals surface area contributed by atoms with Crippen molar-refractivity contribution in [1.29, 1.82) is 0 Å². The maximum Gasteiger partial charge on any atom is 0.304 e. The fourth-order valence-electron chi connectivity index (χ4n) is 1.94. The molecule has 0 radical (unpaired) electrons. The first-order chi connectivity index (χ1) is 8.40. The molecule has 0 unspecified atom stereocenters. The van der Waals surface area contributed by atoms with Crippen LogP contribution < -0.4 is 9.47 Å². The number of rotatable bonds is 6. The first-order valence-corrected chi connectivity index (χ1v) is 5.94. The second-order valence-corrected chi connectivity index (χ2v) is 4.75. The Labute approximate surface area is 108 Å². The Morgan fingerprint density at radius 2 is 2.06 bits per heavy atom. The molecule has 0 saturated carbocycles. The highest BCUT2D eigenvalue weighted by Gasteiger charge is 2.27. The van der Waals surface area contributed by atoms with Gasteiger partial charge in [0.25, 0.3) is 0 Å². The summed E-state index contributed by atoms with van der Waals surface area (Å²) in [6, 6.07) is 5.48. The number of ether oxygens (including phenoxy) is 2. The lowest BCUT2D eigenvalue weighted by atomic mass is 9.81. The van der Waals surface area contributed by atoms with Crippen molar-refractivity contribution in [1.82, 2.24) is 0 Å². The fraction of sp³-hybridized carbons (Fsp3) is 0.500. The molecule has 0 aliphatic carbocycles. The molecule has 4 nitrogen and oxygen atoms in total. The topological polar surface area (TPSA) is 55.8 Å². The van der Waals surface area contributed by atoms with Crippen LogP contribution in [0.4, 0.5) is 0 Å². The summed E-state index contributed by atoms with van der Waals surface area (Å²) in [7, 11) is 1.59. The molecule has 0 aromatic heterocycles. The van der Waals surface area contributed by atoms with Crippen LogP contribution in [0.1, 0.15) is 32.8 Å². The molecular weight excluding hydrogens is 232 g/mol. The Morgan fingerprint density at radius 3 is 2.56 bits per heavy atom. The van der Waals surface area contributed by atoms with Crippen molar-refractivity contribution < 1.29 is 19.4 Å². The average Bonchev–Trinajstić information content (AvgIpc) is 2.27. The largest absolute Gasteiger partial charge is 0.497 e. The van der Waals surface area contributed by atoms with E-state index in [0.29, 0.717) is 18.1 Å². The van der Waals surface area contributed by atoms with Gasteiger partial charge in [0.15, 0.2) is 0 Å². The van der Waals surface area contributed by atoms with Gasteiger partial charge in [-0.3, -0.25) is 4.79 Å². The molecule has 0 spiro atoms. The van der Waals surface area contributed by atoms with E-state index >= 15 is 0 Å². The van der Waals surface area contributed by atoms with Crippen molar-refractivity contribution in [3.63, 3.8) is 0 Å². The third kappa shape index (κ3) is 3.39. The monoisotopic (exact) mass is 252 g/mol. The molecule has 0 aliphatic heterocycles. The number of methoxy groups -OCH3 is 1. The van der Waals surface area contributed by atoms with Crippen molar-refractivity contribution in [3.8, 4) is 11.5 Å². The van der Waals surface area contributed by atoms with E-state index in [4.69, 9.17) is 14.6 Å². The van der Waals surface area contributed by atoms with Gasteiger partial charge in [-0.25, -0.2) is 0 Å². The van der Waals surface area contributed by atoms with E-state index in [1.54, 1.807) is 13.2 Å². The first kappa shape index (κ1) is 14.4. The van der Waals surface area contributed by atoms with Crippen LogP contribution in [-0.2, 0) is 10.2 Å². The quantitative estimate of drug-likeness (QED) is 0.845. The number of hydrogen-bond donors (Lipinski definition) is 1. The van der Waals surface area contributed by atoms with Crippen LogP contribution in [0, 0.1) is 0 Å². The van der Waals surface area contributed by atoms with Gasteiger partial charge >= 0.3 is 5.97 Å². The summed E-state index contributed by atoms with van der Waals surface area (Å²) in [6.07, 6.45) is 0.0550. The summed E-state index contributed by atoms with van der Waals surface area (Å²) >= 11 is 0. The molecule has 0 bridgehead atoms. The lowest BCUT2D eigenvalue weighted by Crippen LogP contribution is -2.22. The number of benzene rings is 1. The molecule has 4 heteroatoms. The van der Waals surface area contributed by atoms with Crippen molar-refractivity contribution in [2.24, 2.45) is 0 Å². The Hall–Kier alpha value is -1.71. The minimum Gasteiger partial charge on any atom is -0.497 e. The third-order valence-electron chi connectivity index (χ3n) is 2.81. The van der Waals surface area contributed by atoms with Gasteiger partial charge in [-0.2, -0.15) is 0 Å². The Morgan fingerprint density at radius 1 is 1.39 bits per heavy atom. The summed E-state index contributed by atoms with van der Waals surface area (Å²) in [5.74, 6) is 0.565. The SMILES string of the molecule is CCOc1cc(OC)ccc1C(C)(C)CC(=O)O. The molecule has 0 atom stereocenters. The van der Waals surface area contributed by atoms with Crippen LogP contribution in [0.5, 0.6) is 11.5 Å². The van der Waals surface area contributed by atoms with Crippen molar-refractivity contribution in [2.75, 3.05) is 13.7 Å². The molecule has 0 amide bonds. The normalized spacial score (nSPS) is 11.1. The van der Waals surface area contributed by atoms with E-state index in [2.05, 4.69) is 0 Å². The van der Waals surface area contributed by atoms with Crippen LogP contribution in [0.15, 0.2) is 18.2 Å². The Bertz CT molecular complexity index is 424. The summed E-state index contributed by atoms with van der Waals surface area (Å²) in [6.45, 7) is 6.22. The van der Waals surface area contributed by atoms with Crippen LogP contribution in [0.2, 0.25) is 0 Å². The van der Waals surface area contributed by atoms with Crippen LogP contribution in [0.3, 0.4) is 0 Å². The minimum absolute atomic E-state index is 0.0550. The number of carboxylic acid groups (broad SMARTS) is 1. The van der Waals surface area contributed by atoms with Gasteiger partial charge in [0.05, 0.1) is 20.1 Å². The summed E-state index contributed by atoms with van der Waals surface area (Å²) < 4.78 is 10.7. The highest BCUT2D eigenvalue weighted by molar-refractivity contribution is 5.69. The fourth-order valence-corrected chi connectivity index (χ4v) is 1.94. The molecular formula is C14H20O4. The molecule has 18 heavy (non-hydrogen) atoms. The zero-order valence-corrected chi connectivity index (χ0v) is 11.3. The van der Waals surface area contributed by atoms with Crippen molar-refractivity contribution in [2.45, 2.75) is 32.6 Å². The van der Waals surface area contributed by atoms with E-state index in [9.17, 15) is 4.79 Å². The average molecular weight is 252 g/mol. The van der Waals surface area contributed by atoms with Gasteiger partial charge < -0.3 is 14.6 Å². The molecule has 0 heterocycles. The zero-order chi connectivity index (χ0) is 13.8.